The number of nitrogens with two attached hydrogens (primary N) is 1. The number of aromatic nitrogens is 3. The van der Waals surface area contributed by atoms with E-state index < -0.39 is 0 Å². The third kappa shape index (κ3) is 3.20. The van der Waals surface area contributed by atoms with E-state index in [4.69, 9.17) is 28.9 Å². The maximum Gasteiger partial charge on any atom is 0.257 e. The third-order valence-corrected chi connectivity index (χ3v) is 4.89. The quantitative estimate of drug-likeness (QED) is 0.531. The second kappa shape index (κ2) is 6.90. The Hall–Kier alpha value is -3.09. The Kier molecular flexibility index (Phi) is 4.43. The molecule has 4 aromatic rings. The van der Waals surface area contributed by atoms with E-state index in [1.54, 1.807) is 42.9 Å². The minimum atomic E-state index is -0.341. The van der Waals surface area contributed by atoms with Crippen LogP contribution in [0.5, 0.6) is 0 Å². The lowest BCUT2D eigenvalue weighted by atomic mass is 10.1. The third-order valence-electron chi connectivity index (χ3n) is 4.07. The first kappa shape index (κ1) is 17.3. The molecule has 134 valence electrons. The van der Waals surface area contributed by atoms with Crippen molar-refractivity contribution in [2.45, 2.75) is 0 Å². The predicted octanol–water partition coefficient (Wildman–Crippen LogP) is 4.54. The van der Waals surface area contributed by atoms with Crippen LogP contribution in [0.1, 0.15) is 10.4 Å². The average Bonchev–Trinajstić information content (AvgIpc) is 3.10. The van der Waals surface area contributed by atoms with Gasteiger partial charge in [0.2, 0.25) is 0 Å². The van der Waals surface area contributed by atoms with Gasteiger partial charge in [-0.15, -0.1) is 0 Å². The van der Waals surface area contributed by atoms with Gasteiger partial charge < -0.3 is 11.1 Å². The molecular weight excluding hydrogens is 385 g/mol. The van der Waals surface area contributed by atoms with Gasteiger partial charge in [-0.2, -0.15) is 0 Å². The summed E-state index contributed by atoms with van der Waals surface area (Å²) in [5.41, 5.74) is 9.05. The Bertz CT molecular complexity index is 1170. The summed E-state index contributed by atoms with van der Waals surface area (Å²) in [4.78, 5) is 20.9. The Balaban J connectivity index is 1.67. The van der Waals surface area contributed by atoms with Crippen LogP contribution in [0.4, 0.5) is 11.5 Å². The first-order valence-corrected chi connectivity index (χ1v) is 8.73. The van der Waals surface area contributed by atoms with Crippen LogP contribution >= 0.6 is 23.2 Å². The zero-order valence-electron chi connectivity index (χ0n) is 13.9. The summed E-state index contributed by atoms with van der Waals surface area (Å²) >= 11 is 12.1. The molecule has 6 nitrogen and oxygen atoms in total. The number of fused-ring (bicyclic) bond motifs is 1. The molecule has 2 heterocycles. The summed E-state index contributed by atoms with van der Waals surface area (Å²) in [6, 6.07) is 12.3. The molecule has 0 aliphatic rings. The number of nitrogens with zero attached hydrogens (tertiary/aromatic N) is 3. The Morgan fingerprint density at radius 3 is 2.78 bits per heavy atom. The van der Waals surface area contributed by atoms with Gasteiger partial charge in [0, 0.05) is 23.6 Å². The summed E-state index contributed by atoms with van der Waals surface area (Å²) in [6.07, 6.45) is 5.10. The normalized spacial score (nSPS) is 10.9. The molecule has 27 heavy (non-hydrogen) atoms. The van der Waals surface area contributed by atoms with Crippen LogP contribution in [0.3, 0.4) is 0 Å². The van der Waals surface area contributed by atoms with Gasteiger partial charge in [0.25, 0.3) is 5.91 Å². The SMILES string of the molecule is Nc1nccn2c(-c3cccc(NC(=O)c4cccc(Cl)c4Cl)c3)cnc12. The Labute approximate surface area is 164 Å². The minimum Gasteiger partial charge on any atom is -0.381 e. The Morgan fingerprint density at radius 2 is 1.93 bits per heavy atom. The fourth-order valence-electron chi connectivity index (χ4n) is 2.79. The molecule has 0 bridgehead atoms. The van der Waals surface area contributed by atoms with Crippen molar-refractivity contribution in [3.05, 3.63) is 76.7 Å². The van der Waals surface area contributed by atoms with Crippen molar-refractivity contribution >= 4 is 46.3 Å². The fourth-order valence-corrected chi connectivity index (χ4v) is 3.17. The highest BCUT2D eigenvalue weighted by molar-refractivity contribution is 6.44. The van der Waals surface area contributed by atoms with Crippen molar-refractivity contribution in [2.24, 2.45) is 0 Å². The molecule has 0 saturated heterocycles. The molecule has 1 amide bonds. The number of carbonyl (C=O) groups is 1. The zero-order valence-corrected chi connectivity index (χ0v) is 15.4. The van der Waals surface area contributed by atoms with Gasteiger partial charge in [0.1, 0.15) is 0 Å². The monoisotopic (exact) mass is 397 g/mol. The number of hydrogen-bond donors (Lipinski definition) is 2. The van der Waals surface area contributed by atoms with Crippen LogP contribution < -0.4 is 11.1 Å². The van der Waals surface area contributed by atoms with E-state index in [2.05, 4.69) is 15.3 Å². The standard InChI is InChI=1S/C19H13Cl2N5O/c20-14-6-2-5-13(16(14)21)19(27)25-12-4-1-3-11(9-12)15-10-24-18-17(22)23-7-8-26(15)18/h1-10H,(H2,22,23)(H,25,27). The molecule has 0 atom stereocenters. The molecule has 0 fully saturated rings. The van der Waals surface area contributed by atoms with E-state index in [-0.39, 0.29) is 10.9 Å². The van der Waals surface area contributed by atoms with Crippen molar-refractivity contribution in [2.75, 3.05) is 11.1 Å². The largest absolute Gasteiger partial charge is 0.381 e. The number of amides is 1. The molecule has 3 N–H and O–H groups in total. The molecule has 0 aliphatic carbocycles. The van der Waals surface area contributed by atoms with E-state index in [1.807, 2.05) is 22.6 Å². The maximum atomic E-state index is 12.5. The average molecular weight is 398 g/mol. The number of anilines is 2. The molecule has 8 heteroatoms. The zero-order chi connectivity index (χ0) is 19.0. The van der Waals surface area contributed by atoms with E-state index in [0.29, 0.717) is 27.7 Å². The van der Waals surface area contributed by atoms with Gasteiger partial charge in [-0.3, -0.25) is 9.20 Å². The number of carbonyl (C=O) groups excluding carboxylic acids is 1. The topological polar surface area (TPSA) is 85.3 Å². The molecule has 2 aromatic heterocycles. The van der Waals surface area contributed by atoms with E-state index in [9.17, 15) is 4.79 Å². The lowest BCUT2D eigenvalue weighted by Gasteiger charge is -2.09. The molecule has 0 radical (unpaired) electrons. The summed E-state index contributed by atoms with van der Waals surface area (Å²) in [5.74, 6) is 0.00930. The van der Waals surface area contributed by atoms with Crippen molar-refractivity contribution in [3.8, 4) is 11.3 Å². The molecular formula is C19H13Cl2N5O. The van der Waals surface area contributed by atoms with Crippen LogP contribution in [0, 0.1) is 0 Å². The lowest BCUT2D eigenvalue weighted by Crippen LogP contribution is -2.12. The molecule has 0 spiro atoms. The van der Waals surface area contributed by atoms with E-state index >= 15 is 0 Å². The van der Waals surface area contributed by atoms with Gasteiger partial charge in [-0.25, -0.2) is 9.97 Å². The number of hydrogen-bond acceptors (Lipinski definition) is 4. The summed E-state index contributed by atoms with van der Waals surface area (Å²) < 4.78 is 1.84. The number of rotatable bonds is 3. The number of benzene rings is 2. The van der Waals surface area contributed by atoms with Gasteiger partial charge in [0.15, 0.2) is 11.5 Å². The highest BCUT2D eigenvalue weighted by Gasteiger charge is 2.14. The highest BCUT2D eigenvalue weighted by Crippen LogP contribution is 2.28. The molecule has 0 saturated carbocycles. The van der Waals surface area contributed by atoms with Crippen LogP contribution in [-0.4, -0.2) is 20.3 Å². The van der Waals surface area contributed by atoms with E-state index in [0.717, 1.165) is 11.3 Å². The summed E-state index contributed by atoms with van der Waals surface area (Å²) in [6.45, 7) is 0. The fraction of sp³-hybridized carbons (Fsp3) is 0. The smallest absolute Gasteiger partial charge is 0.257 e. The van der Waals surface area contributed by atoms with Crippen molar-refractivity contribution in [3.63, 3.8) is 0 Å². The predicted molar refractivity (Wildman–Crippen MR) is 107 cm³/mol. The number of nitrogen functional groups attached to an aromatic ring is 1. The molecule has 0 aliphatic heterocycles. The highest BCUT2D eigenvalue weighted by atomic mass is 35.5. The lowest BCUT2D eigenvalue weighted by molar-refractivity contribution is 0.102. The van der Waals surface area contributed by atoms with Crippen molar-refractivity contribution in [1.29, 1.82) is 0 Å². The first-order valence-electron chi connectivity index (χ1n) is 7.98. The number of halogens is 2. The number of nitrogens with one attached hydrogen (secondary N) is 1. The van der Waals surface area contributed by atoms with Crippen molar-refractivity contribution in [1.82, 2.24) is 14.4 Å². The van der Waals surface area contributed by atoms with Crippen LogP contribution in [0.15, 0.2) is 61.1 Å². The Morgan fingerprint density at radius 1 is 1.11 bits per heavy atom. The molecule has 4 rings (SSSR count). The maximum absolute atomic E-state index is 12.5. The second-order valence-electron chi connectivity index (χ2n) is 5.79. The van der Waals surface area contributed by atoms with Gasteiger partial charge in [-0.1, -0.05) is 41.4 Å². The van der Waals surface area contributed by atoms with E-state index in [1.165, 1.54) is 0 Å². The molecule has 2 aromatic carbocycles. The molecule has 0 unspecified atom stereocenters. The second-order valence-corrected chi connectivity index (χ2v) is 6.57. The van der Waals surface area contributed by atoms with Gasteiger partial charge in [-0.05, 0) is 24.3 Å². The van der Waals surface area contributed by atoms with Gasteiger partial charge in [0.05, 0.1) is 27.5 Å². The summed E-state index contributed by atoms with van der Waals surface area (Å²) in [5, 5.41) is 3.39. The van der Waals surface area contributed by atoms with Gasteiger partial charge >= 0.3 is 0 Å². The van der Waals surface area contributed by atoms with Crippen LogP contribution in [-0.2, 0) is 0 Å². The van der Waals surface area contributed by atoms with Crippen molar-refractivity contribution < 1.29 is 4.79 Å². The first-order chi connectivity index (χ1) is 13.0. The van der Waals surface area contributed by atoms with Crippen LogP contribution in [0.25, 0.3) is 16.9 Å². The minimum absolute atomic E-state index is 0.220. The van der Waals surface area contributed by atoms with Crippen LogP contribution in [0.2, 0.25) is 10.0 Å². The summed E-state index contributed by atoms with van der Waals surface area (Å²) in [7, 11) is 0. The number of imidazole rings is 1.